The highest BCUT2D eigenvalue weighted by molar-refractivity contribution is 5.77. The average molecular weight is 874 g/mol. The smallest absolute Gasteiger partial charge is 0.306 e. The standard InChI is InChI=1S/C56H107NO5/c1-4-7-10-13-16-19-21-23-25-27-29-31-33-36-39-42-45-48-54(59)53(51-58)57-55(60)50-52(47-44-41-38-35-18-15-12-9-6-3)62-56(61)49-46-43-40-37-34-32-30-28-26-24-22-20-17-14-11-8-5-2/h15,18,24,26,52-54,58-59H,4-14,16-17,19-23,25,27-51H2,1-3H3,(H,57,60)/b18-15-,26-24+. The lowest BCUT2D eigenvalue weighted by Gasteiger charge is -2.24. The maximum Gasteiger partial charge on any atom is 0.306 e. The highest BCUT2D eigenvalue weighted by Gasteiger charge is 2.24. The topological polar surface area (TPSA) is 95.9 Å². The first kappa shape index (κ1) is 60.3. The molecule has 0 aliphatic heterocycles. The van der Waals surface area contributed by atoms with E-state index in [4.69, 9.17) is 4.74 Å². The van der Waals surface area contributed by atoms with E-state index in [1.807, 2.05) is 0 Å². The molecule has 0 aromatic heterocycles. The average Bonchev–Trinajstić information content (AvgIpc) is 3.26. The van der Waals surface area contributed by atoms with Crippen LogP contribution in [0.1, 0.15) is 297 Å². The number of aliphatic hydroxyl groups is 2. The minimum Gasteiger partial charge on any atom is -0.462 e. The van der Waals surface area contributed by atoms with Gasteiger partial charge in [0.2, 0.25) is 5.91 Å². The van der Waals surface area contributed by atoms with Gasteiger partial charge in [0.1, 0.15) is 6.10 Å². The lowest BCUT2D eigenvalue weighted by molar-refractivity contribution is -0.151. The van der Waals surface area contributed by atoms with Gasteiger partial charge in [-0.1, -0.05) is 238 Å². The molecule has 0 aromatic rings. The normalized spacial score (nSPS) is 13.3. The number of esters is 1. The zero-order valence-corrected chi connectivity index (χ0v) is 41.8. The van der Waals surface area contributed by atoms with Crippen LogP contribution in [0, 0.1) is 0 Å². The third-order valence-electron chi connectivity index (χ3n) is 12.8. The number of rotatable bonds is 50. The summed E-state index contributed by atoms with van der Waals surface area (Å²) in [5, 5.41) is 23.8. The van der Waals surface area contributed by atoms with Crippen molar-refractivity contribution in [3.8, 4) is 0 Å². The molecule has 0 aliphatic carbocycles. The molecule has 0 spiro atoms. The monoisotopic (exact) mass is 874 g/mol. The Morgan fingerprint density at radius 1 is 0.452 bits per heavy atom. The van der Waals surface area contributed by atoms with Crippen LogP contribution in [0.3, 0.4) is 0 Å². The second-order valence-corrected chi connectivity index (χ2v) is 19.0. The van der Waals surface area contributed by atoms with Crippen molar-refractivity contribution >= 4 is 11.9 Å². The maximum atomic E-state index is 13.2. The number of amides is 1. The van der Waals surface area contributed by atoms with Crippen LogP contribution in [0.25, 0.3) is 0 Å². The molecule has 1 amide bonds. The fraction of sp³-hybridized carbons (Fsp3) is 0.893. The first-order valence-electron chi connectivity index (χ1n) is 27.6. The summed E-state index contributed by atoms with van der Waals surface area (Å²) >= 11 is 0. The molecule has 0 rings (SSSR count). The van der Waals surface area contributed by atoms with Crippen LogP contribution >= 0.6 is 0 Å². The fourth-order valence-corrected chi connectivity index (χ4v) is 8.53. The van der Waals surface area contributed by atoms with E-state index in [-0.39, 0.29) is 24.9 Å². The number of ether oxygens (including phenoxy) is 1. The molecule has 3 unspecified atom stereocenters. The Morgan fingerprint density at radius 2 is 0.790 bits per heavy atom. The van der Waals surface area contributed by atoms with E-state index >= 15 is 0 Å². The first-order valence-corrected chi connectivity index (χ1v) is 27.6. The van der Waals surface area contributed by atoms with Gasteiger partial charge in [-0.05, 0) is 70.6 Å². The molecule has 3 atom stereocenters. The molecule has 0 bridgehead atoms. The van der Waals surface area contributed by atoms with Gasteiger partial charge in [0.15, 0.2) is 0 Å². The van der Waals surface area contributed by atoms with E-state index in [9.17, 15) is 19.8 Å². The summed E-state index contributed by atoms with van der Waals surface area (Å²) in [7, 11) is 0. The van der Waals surface area contributed by atoms with E-state index in [0.29, 0.717) is 19.3 Å². The number of carbonyl (C=O) groups excluding carboxylic acids is 2. The molecular formula is C56H107NO5. The number of allylic oxidation sites excluding steroid dienone is 4. The Kier molecular flexibility index (Phi) is 49.0. The first-order chi connectivity index (χ1) is 30.5. The number of carbonyl (C=O) groups is 2. The van der Waals surface area contributed by atoms with Crippen molar-refractivity contribution in [2.24, 2.45) is 0 Å². The largest absolute Gasteiger partial charge is 0.462 e. The molecule has 6 nitrogen and oxygen atoms in total. The van der Waals surface area contributed by atoms with Crippen LogP contribution in [-0.4, -0.2) is 46.9 Å². The summed E-state index contributed by atoms with van der Waals surface area (Å²) in [5.74, 6) is -0.484. The Bertz CT molecular complexity index is 981. The predicted molar refractivity (Wildman–Crippen MR) is 269 cm³/mol. The zero-order chi connectivity index (χ0) is 45.2. The van der Waals surface area contributed by atoms with E-state index in [1.54, 1.807) is 0 Å². The van der Waals surface area contributed by atoms with Gasteiger partial charge in [-0.15, -0.1) is 0 Å². The Hall–Kier alpha value is -1.66. The highest BCUT2D eigenvalue weighted by Crippen LogP contribution is 2.18. The van der Waals surface area contributed by atoms with Crippen LogP contribution in [0.5, 0.6) is 0 Å². The minimum atomic E-state index is -0.789. The van der Waals surface area contributed by atoms with E-state index in [2.05, 4.69) is 50.4 Å². The van der Waals surface area contributed by atoms with Gasteiger partial charge in [0.05, 0.1) is 25.2 Å². The molecule has 0 radical (unpaired) electrons. The quantitative estimate of drug-likeness (QED) is 0.0321. The molecule has 0 saturated carbocycles. The Labute approximate surface area is 386 Å². The second-order valence-electron chi connectivity index (χ2n) is 19.0. The number of nitrogens with one attached hydrogen (secondary N) is 1. The molecule has 366 valence electrons. The van der Waals surface area contributed by atoms with Gasteiger partial charge in [0, 0.05) is 6.42 Å². The zero-order valence-electron chi connectivity index (χ0n) is 41.8. The maximum absolute atomic E-state index is 13.2. The van der Waals surface area contributed by atoms with Crippen LogP contribution < -0.4 is 5.32 Å². The highest BCUT2D eigenvalue weighted by atomic mass is 16.5. The van der Waals surface area contributed by atoms with Gasteiger partial charge >= 0.3 is 5.97 Å². The van der Waals surface area contributed by atoms with Gasteiger partial charge in [-0.3, -0.25) is 9.59 Å². The fourth-order valence-electron chi connectivity index (χ4n) is 8.53. The minimum absolute atomic E-state index is 0.0687. The number of hydrogen-bond acceptors (Lipinski definition) is 5. The van der Waals surface area contributed by atoms with Crippen molar-refractivity contribution in [1.29, 1.82) is 0 Å². The molecule has 0 fully saturated rings. The summed E-state index contributed by atoms with van der Waals surface area (Å²) in [6, 6.07) is -0.703. The molecule has 0 saturated heterocycles. The lowest BCUT2D eigenvalue weighted by atomic mass is 10.0. The Morgan fingerprint density at radius 3 is 1.21 bits per heavy atom. The molecule has 0 aromatic carbocycles. The van der Waals surface area contributed by atoms with Crippen LogP contribution in [0.2, 0.25) is 0 Å². The third-order valence-corrected chi connectivity index (χ3v) is 12.8. The lowest BCUT2D eigenvalue weighted by Crippen LogP contribution is -2.46. The van der Waals surface area contributed by atoms with E-state index in [1.165, 1.54) is 186 Å². The van der Waals surface area contributed by atoms with Crippen LogP contribution in [-0.2, 0) is 14.3 Å². The van der Waals surface area contributed by atoms with Crippen LogP contribution in [0.15, 0.2) is 24.3 Å². The number of unbranched alkanes of at least 4 members (excludes halogenated alkanes) is 34. The SMILES string of the molecule is CCCC/C=C\CCCCCC(CC(=O)NC(CO)C(O)CCCCCCCCCCCCCCCCCCC)OC(=O)CCCCCCCCC/C=C/CCCCCCCC. The number of hydrogen-bond donors (Lipinski definition) is 3. The molecule has 6 heteroatoms. The molecule has 3 N–H and O–H groups in total. The van der Waals surface area contributed by atoms with Crippen molar-refractivity contribution in [3.05, 3.63) is 24.3 Å². The summed E-state index contributed by atoms with van der Waals surface area (Å²) in [6.07, 6.45) is 58.2. The second kappa shape index (κ2) is 50.3. The molecular weight excluding hydrogens is 767 g/mol. The van der Waals surface area contributed by atoms with Gasteiger partial charge in [0.25, 0.3) is 0 Å². The van der Waals surface area contributed by atoms with Crippen molar-refractivity contribution in [1.82, 2.24) is 5.32 Å². The third kappa shape index (κ3) is 44.9. The number of aliphatic hydroxyl groups excluding tert-OH is 2. The Balaban J connectivity index is 4.38. The molecule has 62 heavy (non-hydrogen) atoms. The van der Waals surface area contributed by atoms with Crippen molar-refractivity contribution in [2.45, 2.75) is 315 Å². The van der Waals surface area contributed by atoms with E-state index < -0.39 is 18.2 Å². The summed E-state index contributed by atoms with van der Waals surface area (Å²) < 4.78 is 5.92. The van der Waals surface area contributed by atoms with Gasteiger partial charge in [-0.2, -0.15) is 0 Å². The molecule has 0 aliphatic rings. The predicted octanol–water partition coefficient (Wildman–Crippen LogP) is 16.7. The summed E-state index contributed by atoms with van der Waals surface area (Å²) in [6.45, 7) is 6.46. The molecule has 0 heterocycles. The van der Waals surface area contributed by atoms with Crippen LogP contribution in [0.4, 0.5) is 0 Å². The van der Waals surface area contributed by atoms with Crippen molar-refractivity contribution in [2.75, 3.05) is 6.61 Å². The summed E-state index contributed by atoms with van der Waals surface area (Å²) in [4.78, 5) is 26.1. The van der Waals surface area contributed by atoms with Gasteiger partial charge in [-0.25, -0.2) is 0 Å². The summed E-state index contributed by atoms with van der Waals surface area (Å²) in [5.41, 5.74) is 0. The van der Waals surface area contributed by atoms with Crippen molar-refractivity contribution in [3.63, 3.8) is 0 Å². The van der Waals surface area contributed by atoms with E-state index in [0.717, 1.165) is 64.2 Å². The van der Waals surface area contributed by atoms with Crippen molar-refractivity contribution < 1.29 is 24.5 Å². The van der Waals surface area contributed by atoms with Gasteiger partial charge < -0.3 is 20.3 Å².